The second-order valence-corrected chi connectivity index (χ2v) is 10.5. The second-order valence-electron chi connectivity index (χ2n) is 10.5. The lowest BCUT2D eigenvalue weighted by Crippen LogP contribution is -2.46. The molecule has 0 fully saturated rings. The van der Waals surface area contributed by atoms with Crippen molar-refractivity contribution in [3.05, 3.63) is 93.8 Å². The maximum atomic E-state index is 13.8. The van der Waals surface area contributed by atoms with Gasteiger partial charge in [0.05, 0.1) is 18.6 Å². The van der Waals surface area contributed by atoms with E-state index in [-0.39, 0.29) is 30.1 Å². The molecule has 0 aliphatic carbocycles. The minimum Gasteiger partial charge on any atom is -0.497 e. The molecule has 9 heteroatoms. The maximum Gasteiger partial charge on any atom is 0.269 e. The molecule has 0 aliphatic heterocycles. The second kappa shape index (κ2) is 14.3. The molecule has 2 aromatic carbocycles. The van der Waals surface area contributed by atoms with Crippen LogP contribution in [0, 0.1) is 16.0 Å². The van der Waals surface area contributed by atoms with E-state index in [1.165, 1.54) is 24.3 Å². The molecule has 0 saturated carbocycles. The zero-order chi connectivity index (χ0) is 29.2. The standard InChI is InChI=1S/C31H40N4O5/c1-6-24(4)34(21-28-10-8-17-32(28)20-25-9-7-11-29(19-25)40-5)30(36)22-33(18-16-23(2)3)31(37)26-12-14-27(15-13-26)35(38)39/h7-15,17,19,23-24H,6,16,18,20-22H2,1-5H3. The smallest absolute Gasteiger partial charge is 0.269 e. The molecule has 0 saturated heterocycles. The molecule has 214 valence electrons. The third-order valence-corrected chi connectivity index (χ3v) is 7.10. The van der Waals surface area contributed by atoms with E-state index in [1.54, 1.807) is 12.0 Å². The van der Waals surface area contributed by atoms with E-state index in [0.717, 1.165) is 29.8 Å². The first-order chi connectivity index (χ1) is 19.1. The molecule has 1 unspecified atom stereocenters. The van der Waals surface area contributed by atoms with Crippen molar-refractivity contribution in [2.45, 2.75) is 59.7 Å². The van der Waals surface area contributed by atoms with Crippen LogP contribution in [0.15, 0.2) is 66.9 Å². The van der Waals surface area contributed by atoms with Gasteiger partial charge in [-0.15, -0.1) is 0 Å². The van der Waals surface area contributed by atoms with Gasteiger partial charge in [0, 0.05) is 48.7 Å². The van der Waals surface area contributed by atoms with Crippen LogP contribution in [-0.4, -0.2) is 57.3 Å². The first-order valence-corrected chi connectivity index (χ1v) is 13.7. The van der Waals surface area contributed by atoms with E-state index in [1.807, 2.05) is 61.3 Å². The summed E-state index contributed by atoms with van der Waals surface area (Å²) in [7, 11) is 1.65. The number of ether oxygens (including phenoxy) is 1. The van der Waals surface area contributed by atoms with Crippen LogP contribution >= 0.6 is 0 Å². The summed E-state index contributed by atoms with van der Waals surface area (Å²) in [5, 5.41) is 11.0. The van der Waals surface area contributed by atoms with E-state index in [4.69, 9.17) is 4.74 Å². The molecule has 0 aliphatic rings. The van der Waals surface area contributed by atoms with Crippen molar-refractivity contribution < 1.29 is 19.2 Å². The van der Waals surface area contributed by atoms with Crippen molar-refractivity contribution in [1.29, 1.82) is 0 Å². The molecule has 0 N–H and O–H groups in total. The molecule has 3 rings (SSSR count). The van der Waals surface area contributed by atoms with Crippen LogP contribution in [0.5, 0.6) is 5.75 Å². The normalized spacial score (nSPS) is 11.8. The third-order valence-electron chi connectivity index (χ3n) is 7.10. The Kier molecular flexibility index (Phi) is 10.9. The number of nitrogens with zero attached hydrogens (tertiary/aromatic N) is 4. The van der Waals surface area contributed by atoms with Gasteiger partial charge in [0.1, 0.15) is 12.3 Å². The number of methoxy groups -OCH3 is 1. The Morgan fingerprint density at radius 3 is 2.40 bits per heavy atom. The van der Waals surface area contributed by atoms with Crippen LogP contribution in [-0.2, 0) is 17.9 Å². The maximum absolute atomic E-state index is 13.8. The van der Waals surface area contributed by atoms with Crippen molar-refractivity contribution in [2.24, 2.45) is 5.92 Å². The predicted molar refractivity (Wildman–Crippen MR) is 155 cm³/mol. The van der Waals surface area contributed by atoms with Crippen LogP contribution < -0.4 is 4.74 Å². The first kappa shape index (κ1) is 30.4. The summed E-state index contributed by atoms with van der Waals surface area (Å²) < 4.78 is 7.48. The van der Waals surface area contributed by atoms with Gasteiger partial charge in [0.25, 0.3) is 11.6 Å². The Balaban J connectivity index is 1.81. The summed E-state index contributed by atoms with van der Waals surface area (Å²) in [6.07, 6.45) is 3.50. The van der Waals surface area contributed by atoms with E-state index < -0.39 is 4.92 Å². The lowest BCUT2D eigenvalue weighted by Gasteiger charge is -2.32. The van der Waals surface area contributed by atoms with Crippen molar-refractivity contribution in [1.82, 2.24) is 14.4 Å². The lowest BCUT2D eigenvalue weighted by molar-refractivity contribution is -0.384. The quantitative estimate of drug-likeness (QED) is 0.188. The van der Waals surface area contributed by atoms with Gasteiger partial charge in [-0.3, -0.25) is 19.7 Å². The molecule has 0 spiro atoms. The zero-order valence-corrected chi connectivity index (χ0v) is 24.1. The molecule has 2 amide bonds. The van der Waals surface area contributed by atoms with Crippen molar-refractivity contribution in [3.8, 4) is 5.75 Å². The average Bonchev–Trinajstić information content (AvgIpc) is 3.39. The Morgan fingerprint density at radius 1 is 1.05 bits per heavy atom. The minimum atomic E-state index is -0.498. The Labute approximate surface area is 236 Å². The highest BCUT2D eigenvalue weighted by molar-refractivity contribution is 5.96. The number of nitro benzene ring substituents is 1. The highest BCUT2D eigenvalue weighted by atomic mass is 16.6. The Morgan fingerprint density at radius 2 is 1.77 bits per heavy atom. The van der Waals surface area contributed by atoms with Gasteiger partial charge >= 0.3 is 0 Å². The zero-order valence-electron chi connectivity index (χ0n) is 24.1. The van der Waals surface area contributed by atoms with Crippen LogP contribution in [0.2, 0.25) is 0 Å². The van der Waals surface area contributed by atoms with Gasteiger partial charge in [-0.1, -0.05) is 32.9 Å². The summed E-state index contributed by atoms with van der Waals surface area (Å²) in [6, 6.07) is 17.4. The molecule has 0 radical (unpaired) electrons. The van der Waals surface area contributed by atoms with E-state index in [0.29, 0.717) is 31.1 Å². The highest BCUT2D eigenvalue weighted by Crippen LogP contribution is 2.19. The summed E-state index contributed by atoms with van der Waals surface area (Å²) in [5.74, 6) is 0.687. The molecule has 1 atom stereocenters. The summed E-state index contributed by atoms with van der Waals surface area (Å²) in [5.41, 5.74) is 2.32. The fourth-order valence-corrected chi connectivity index (χ4v) is 4.43. The SMILES string of the molecule is CCC(C)N(Cc1cccn1Cc1cccc(OC)c1)C(=O)CN(CCC(C)C)C(=O)c1ccc([N+](=O)[O-])cc1. The van der Waals surface area contributed by atoms with Gasteiger partial charge in [0.2, 0.25) is 5.91 Å². The van der Waals surface area contributed by atoms with Crippen LogP contribution in [0.3, 0.4) is 0 Å². The largest absolute Gasteiger partial charge is 0.497 e. The summed E-state index contributed by atoms with van der Waals surface area (Å²) in [6.45, 7) is 9.60. The van der Waals surface area contributed by atoms with Crippen LogP contribution in [0.25, 0.3) is 0 Å². The number of hydrogen-bond donors (Lipinski definition) is 0. The number of hydrogen-bond acceptors (Lipinski definition) is 5. The molecule has 40 heavy (non-hydrogen) atoms. The number of carbonyl (C=O) groups excluding carboxylic acids is 2. The number of rotatable bonds is 14. The molecule has 3 aromatic rings. The van der Waals surface area contributed by atoms with Gasteiger partial charge in [0.15, 0.2) is 0 Å². The summed E-state index contributed by atoms with van der Waals surface area (Å²) in [4.78, 5) is 41.2. The van der Waals surface area contributed by atoms with Crippen molar-refractivity contribution in [3.63, 3.8) is 0 Å². The number of aromatic nitrogens is 1. The van der Waals surface area contributed by atoms with E-state index in [9.17, 15) is 19.7 Å². The molecule has 0 bridgehead atoms. The Bertz CT molecular complexity index is 1280. The first-order valence-electron chi connectivity index (χ1n) is 13.7. The molecule has 9 nitrogen and oxygen atoms in total. The van der Waals surface area contributed by atoms with Gasteiger partial charge in [-0.25, -0.2) is 0 Å². The van der Waals surface area contributed by atoms with Crippen molar-refractivity contribution >= 4 is 17.5 Å². The molecule has 1 heterocycles. The highest BCUT2D eigenvalue weighted by Gasteiger charge is 2.26. The number of nitro groups is 1. The third kappa shape index (κ3) is 8.18. The molecular formula is C31H40N4O5. The lowest BCUT2D eigenvalue weighted by atomic mass is 10.1. The van der Waals surface area contributed by atoms with Crippen LogP contribution in [0.1, 0.15) is 62.2 Å². The van der Waals surface area contributed by atoms with E-state index in [2.05, 4.69) is 18.4 Å². The van der Waals surface area contributed by atoms with E-state index >= 15 is 0 Å². The molecular weight excluding hydrogens is 508 g/mol. The fourth-order valence-electron chi connectivity index (χ4n) is 4.43. The van der Waals surface area contributed by atoms with Gasteiger partial charge in [-0.2, -0.15) is 0 Å². The number of carbonyl (C=O) groups is 2. The van der Waals surface area contributed by atoms with Gasteiger partial charge in [-0.05, 0) is 67.6 Å². The monoisotopic (exact) mass is 548 g/mol. The number of non-ortho nitro benzene ring substituents is 1. The summed E-state index contributed by atoms with van der Waals surface area (Å²) >= 11 is 0. The Hall–Kier alpha value is -4.14. The predicted octanol–water partition coefficient (Wildman–Crippen LogP) is 5.77. The minimum absolute atomic E-state index is 0.0332. The fraction of sp³-hybridized carbons (Fsp3) is 0.419. The molecule has 1 aromatic heterocycles. The van der Waals surface area contributed by atoms with Crippen molar-refractivity contribution in [2.75, 3.05) is 20.2 Å². The average molecular weight is 549 g/mol. The number of benzene rings is 2. The topological polar surface area (TPSA) is 97.9 Å². The van der Waals surface area contributed by atoms with Gasteiger partial charge < -0.3 is 19.1 Å². The van der Waals surface area contributed by atoms with Crippen LogP contribution in [0.4, 0.5) is 5.69 Å². The number of amides is 2.